The maximum absolute atomic E-state index is 13.2. The molecule has 1 N–H and O–H groups in total. The number of ether oxygens (including phenoxy) is 1. The highest BCUT2D eigenvalue weighted by molar-refractivity contribution is 6.10. The average molecular weight is 389 g/mol. The van der Waals surface area contributed by atoms with E-state index in [4.69, 9.17) is 4.74 Å². The molecule has 1 aromatic carbocycles. The number of ketones is 1. The minimum atomic E-state index is -0.729. The van der Waals surface area contributed by atoms with Crippen LogP contribution in [0, 0.1) is 5.41 Å². The van der Waals surface area contributed by atoms with Gasteiger partial charge in [0.15, 0.2) is 11.5 Å². The molecule has 0 saturated heterocycles. The van der Waals surface area contributed by atoms with Gasteiger partial charge in [0.1, 0.15) is 5.75 Å². The van der Waals surface area contributed by atoms with E-state index in [1.165, 1.54) is 0 Å². The summed E-state index contributed by atoms with van der Waals surface area (Å²) in [4.78, 5) is 29.6. The van der Waals surface area contributed by atoms with Crippen molar-refractivity contribution in [3.8, 4) is 5.75 Å². The first-order valence-electron chi connectivity index (χ1n) is 9.64. The molecule has 1 heterocycles. The van der Waals surface area contributed by atoms with Gasteiger partial charge in [-0.05, 0) is 34.0 Å². The van der Waals surface area contributed by atoms with Gasteiger partial charge in [-0.15, -0.1) is 0 Å². The number of benzene rings is 1. The Morgan fingerprint density at radius 3 is 2.39 bits per heavy atom. The Morgan fingerprint density at radius 1 is 1.25 bits per heavy atom. The molecule has 0 spiro atoms. The molecule has 28 heavy (non-hydrogen) atoms. The first-order chi connectivity index (χ1) is 12.9. The molecular weight excluding hydrogens is 356 g/mol. The minimum Gasteiger partial charge on any atom is -0.503 e. The molecule has 2 rings (SSSR count). The Labute approximate surface area is 167 Å². The first kappa shape index (κ1) is 22.0. The van der Waals surface area contributed by atoms with Gasteiger partial charge in [-0.3, -0.25) is 9.59 Å². The summed E-state index contributed by atoms with van der Waals surface area (Å²) in [6.07, 6.45) is -0.0622. The Balaban J connectivity index is 2.61. The second kappa shape index (κ2) is 8.35. The maximum Gasteiger partial charge on any atom is 0.290 e. The van der Waals surface area contributed by atoms with E-state index < -0.39 is 23.1 Å². The van der Waals surface area contributed by atoms with Crippen LogP contribution in [0.1, 0.15) is 46.2 Å². The summed E-state index contributed by atoms with van der Waals surface area (Å²) >= 11 is 0. The number of carbonyl (C=O) groups excluding carboxylic acids is 2. The highest BCUT2D eigenvalue weighted by Crippen LogP contribution is 2.43. The lowest BCUT2D eigenvalue weighted by atomic mass is 9.82. The van der Waals surface area contributed by atoms with E-state index in [1.807, 2.05) is 57.1 Å². The molecule has 0 radical (unpaired) electrons. The van der Waals surface area contributed by atoms with Crippen LogP contribution in [0.25, 0.3) is 0 Å². The van der Waals surface area contributed by atoms with Gasteiger partial charge in [-0.1, -0.05) is 39.0 Å². The van der Waals surface area contributed by atoms with Gasteiger partial charge in [0.25, 0.3) is 5.91 Å². The average Bonchev–Trinajstić information content (AvgIpc) is 2.82. The highest BCUT2D eigenvalue weighted by atomic mass is 16.5. The topological polar surface area (TPSA) is 70.1 Å². The van der Waals surface area contributed by atoms with Crippen molar-refractivity contribution in [3.63, 3.8) is 0 Å². The number of Topliss-reactive ketones (excluding diaryl/α,β-unsaturated/α-hetero) is 1. The molecular formula is C22H32N2O4. The van der Waals surface area contributed by atoms with Crippen LogP contribution in [0.4, 0.5) is 0 Å². The third-order valence-electron chi connectivity index (χ3n) is 4.59. The summed E-state index contributed by atoms with van der Waals surface area (Å²) in [5, 5.41) is 10.6. The van der Waals surface area contributed by atoms with E-state index in [2.05, 4.69) is 0 Å². The normalized spacial score (nSPS) is 17.8. The van der Waals surface area contributed by atoms with Gasteiger partial charge in [0, 0.05) is 24.1 Å². The van der Waals surface area contributed by atoms with Crippen molar-refractivity contribution in [1.29, 1.82) is 0 Å². The predicted octanol–water partition coefficient (Wildman–Crippen LogP) is 3.35. The van der Waals surface area contributed by atoms with E-state index in [1.54, 1.807) is 25.7 Å². The Bertz CT molecular complexity index is 775. The number of likely N-dealkylation sites (N-methyl/N-ethyl adjacent to an activating group) is 1. The SMILES string of the molecule is CC(C)Oc1ccccc1C1C(C(=O)C(C)(C)C)=C(O)C(=O)N1CCN(C)C. The summed E-state index contributed by atoms with van der Waals surface area (Å²) < 4.78 is 5.95. The number of aliphatic hydroxyl groups excluding tert-OH is 1. The van der Waals surface area contributed by atoms with Crippen LogP contribution in [0.3, 0.4) is 0 Å². The van der Waals surface area contributed by atoms with Gasteiger partial charge in [-0.25, -0.2) is 0 Å². The van der Waals surface area contributed by atoms with Crippen molar-refractivity contribution < 1.29 is 19.4 Å². The molecule has 6 nitrogen and oxygen atoms in total. The fourth-order valence-corrected chi connectivity index (χ4v) is 3.22. The highest BCUT2D eigenvalue weighted by Gasteiger charge is 2.46. The molecule has 0 saturated carbocycles. The number of carbonyl (C=O) groups is 2. The van der Waals surface area contributed by atoms with Crippen LogP contribution in [0.2, 0.25) is 0 Å². The fourth-order valence-electron chi connectivity index (χ4n) is 3.22. The molecule has 6 heteroatoms. The molecule has 0 aliphatic carbocycles. The molecule has 1 atom stereocenters. The Morgan fingerprint density at radius 2 is 1.86 bits per heavy atom. The summed E-state index contributed by atoms with van der Waals surface area (Å²) in [7, 11) is 3.83. The molecule has 1 unspecified atom stereocenters. The van der Waals surface area contributed by atoms with Crippen LogP contribution >= 0.6 is 0 Å². The predicted molar refractivity (Wildman–Crippen MR) is 109 cm³/mol. The van der Waals surface area contributed by atoms with Crippen molar-refractivity contribution in [1.82, 2.24) is 9.80 Å². The summed E-state index contributed by atoms with van der Waals surface area (Å²) in [6.45, 7) is 10.2. The second-order valence-electron chi connectivity index (χ2n) is 8.75. The molecule has 154 valence electrons. The molecule has 1 aliphatic rings. The summed E-state index contributed by atoms with van der Waals surface area (Å²) in [6, 6.07) is 6.72. The third kappa shape index (κ3) is 4.55. The first-order valence-corrected chi connectivity index (χ1v) is 9.64. The van der Waals surface area contributed by atoms with Crippen LogP contribution < -0.4 is 4.74 Å². The molecule has 0 fully saturated rings. The zero-order chi connectivity index (χ0) is 21.2. The smallest absolute Gasteiger partial charge is 0.290 e. The fraction of sp³-hybridized carbons (Fsp3) is 0.545. The van der Waals surface area contributed by atoms with Crippen molar-refractivity contribution in [2.75, 3.05) is 27.2 Å². The quantitative estimate of drug-likeness (QED) is 0.776. The monoisotopic (exact) mass is 388 g/mol. The second-order valence-corrected chi connectivity index (χ2v) is 8.75. The molecule has 0 aromatic heterocycles. The number of aliphatic hydroxyl groups is 1. The lowest BCUT2D eigenvalue weighted by Gasteiger charge is -2.31. The number of nitrogens with zero attached hydrogens (tertiary/aromatic N) is 2. The molecule has 1 aliphatic heterocycles. The van der Waals surface area contributed by atoms with Gasteiger partial charge < -0.3 is 19.6 Å². The van der Waals surface area contributed by atoms with Crippen molar-refractivity contribution in [2.24, 2.45) is 5.41 Å². The van der Waals surface area contributed by atoms with E-state index in [9.17, 15) is 14.7 Å². The minimum absolute atomic E-state index is 0.0622. The number of hydrogen-bond acceptors (Lipinski definition) is 5. The van der Waals surface area contributed by atoms with E-state index in [0.29, 0.717) is 24.4 Å². The van der Waals surface area contributed by atoms with Crippen molar-refractivity contribution in [3.05, 3.63) is 41.2 Å². The Kier molecular flexibility index (Phi) is 6.55. The standard InChI is InChI=1S/C22H32N2O4/c1-14(2)28-16-11-9-8-10-15(16)18-17(20(26)22(3,4)5)19(25)21(27)24(18)13-12-23(6)7/h8-11,14,18,25H,12-13H2,1-7H3. The molecule has 1 aromatic rings. The van der Waals surface area contributed by atoms with Crippen LogP contribution in [-0.4, -0.2) is 59.9 Å². The number of amides is 1. The van der Waals surface area contributed by atoms with E-state index in [-0.39, 0.29) is 17.5 Å². The molecule has 1 amide bonds. The zero-order valence-electron chi connectivity index (χ0n) is 17.9. The number of rotatable bonds is 7. The Hall–Kier alpha value is -2.34. The number of hydrogen-bond donors (Lipinski definition) is 1. The van der Waals surface area contributed by atoms with Crippen LogP contribution in [0.5, 0.6) is 5.75 Å². The van der Waals surface area contributed by atoms with Gasteiger partial charge in [0.05, 0.1) is 17.7 Å². The summed E-state index contributed by atoms with van der Waals surface area (Å²) in [5.41, 5.74) is 0.129. The van der Waals surface area contributed by atoms with Crippen LogP contribution in [-0.2, 0) is 9.59 Å². The largest absolute Gasteiger partial charge is 0.503 e. The summed E-state index contributed by atoms with van der Waals surface area (Å²) in [5.74, 6) is -0.601. The van der Waals surface area contributed by atoms with Gasteiger partial charge in [0.2, 0.25) is 0 Å². The maximum atomic E-state index is 13.2. The third-order valence-corrected chi connectivity index (χ3v) is 4.59. The molecule has 0 bridgehead atoms. The van der Waals surface area contributed by atoms with Gasteiger partial charge >= 0.3 is 0 Å². The van der Waals surface area contributed by atoms with E-state index in [0.717, 1.165) is 0 Å². The van der Waals surface area contributed by atoms with E-state index >= 15 is 0 Å². The number of para-hydroxylation sites is 1. The van der Waals surface area contributed by atoms with Crippen molar-refractivity contribution >= 4 is 11.7 Å². The van der Waals surface area contributed by atoms with Gasteiger partial charge in [-0.2, -0.15) is 0 Å². The lowest BCUT2D eigenvalue weighted by molar-refractivity contribution is -0.129. The van der Waals surface area contributed by atoms with Crippen molar-refractivity contribution in [2.45, 2.75) is 46.8 Å². The van der Waals surface area contributed by atoms with Crippen LogP contribution in [0.15, 0.2) is 35.6 Å². The zero-order valence-corrected chi connectivity index (χ0v) is 17.9. The lowest BCUT2D eigenvalue weighted by Crippen LogP contribution is -2.37.